The zero-order valence-corrected chi connectivity index (χ0v) is 8.81. The molecular formula is C10H12O6. The summed E-state index contributed by atoms with van der Waals surface area (Å²) in [7, 11) is 0. The van der Waals surface area contributed by atoms with Gasteiger partial charge in [-0.2, -0.15) is 0 Å². The Kier molecular flexibility index (Phi) is 2.89. The summed E-state index contributed by atoms with van der Waals surface area (Å²) in [6, 6.07) is 0. The number of rotatable bonds is 2. The van der Waals surface area contributed by atoms with E-state index in [1.807, 2.05) is 0 Å². The Labute approximate surface area is 91.1 Å². The van der Waals surface area contributed by atoms with Crippen molar-refractivity contribution in [3.05, 3.63) is 22.5 Å². The zero-order chi connectivity index (χ0) is 12.7. The van der Waals surface area contributed by atoms with Gasteiger partial charge >= 0.3 is 5.97 Å². The third-order valence-corrected chi connectivity index (χ3v) is 2.74. The standard InChI is InChI=1S/C10H12O6/c1-4-6(3-11)10(16,9(14)15)8(13)5(2)7(4)12/h11-12,16H,3H2,1-2H3,(H,14,15). The lowest BCUT2D eigenvalue weighted by Gasteiger charge is -2.30. The minimum Gasteiger partial charge on any atom is -0.507 e. The molecule has 0 aromatic carbocycles. The molecule has 4 N–H and O–H groups in total. The van der Waals surface area contributed by atoms with Crippen molar-refractivity contribution < 1.29 is 30.0 Å². The molecule has 0 saturated heterocycles. The molecule has 1 rings (SSSR count). The number of aliphatic carboxylic acids is 1. The minimum atomic E-state index is -2.78. The maximum absolute atomic E-state index is 11.6. The van der Waals surface area contributed by atoms with Crippen LogP contribution in [0.4, 0.5) is 0 Å². The monoisotopic (exact) mass is 228 g/mol. The molecule has 1 aliphatic carbocycles. The van der Waals surface area contributed by atoms with Crippen LogP contribution >= 0.6 is 0 Å². The predicted molar refractivity (Wildman–Crippen MR) is 52.7 cm³/mol. The number of ketones is 1. The molecule has 88 valence electrons. The lowest BCUT2D eigenvalue weighted by molar-refractivity contribution is -0.160. The van der Waals surface area contributed by atoms with Crippen molar-refractivity contribution in [2.75, 3.05) is 6.61 Å². The molecule has 6 heteroatoms. The maximum atomic E-state index is 11.6. The first kappa shape index (κ1) is 12.4. The van der Waals surface area contributed by atoms with Crippen LogP contribution in [-0.4, -0.2) is 44.4 Å². The Balaban J connectivity index is 3.57. The van der Waals surface area contributed by atoms with Crippen LogP contribution in [0.3, 0.4) is 0 Å². The van der Waals surface area contributed by atoms with Crippen molar-refractivity contribution in [2.24, 2.45) is 0 Å². The molecule has 1 atom stereocenters. The van der Waals surface area contributed by atoms with Crippen LogP contribution in [-0.2, 0) is 9.59 Å². The fourth-order valence-electron chi connectivity index (χ4n) is 1.67. The lowest BCUT2D eigenvalue weighted by atomic mass is 9.78. The molecule has 0 heterocycles. The van der Waals surface area contributed by atoms with Gasteiger partial charge in [0.15, 0.2) is 0 Å². The summed E-state index contributed by atoms with van der Waals surface area (Å²) >= 11 is 0. The molecule has 0 aliphatic heterocycles. The van der Waals surface area contributed by atoms with E-state index in [2.05, 4.69) is 0 Å². The second-order valence-corrected chi connectivity index (χ2v) is 3.58. The second-order valence-electron chi connectivity index (χ2n) is 3.58. The van der Waals surface area contributed by atoms with Crippen molar-refractivity contribution in [1.82, 2.24) is 0 Å². The number of carbonyl (C=O) groups is 2. The SMILES string of the molecule is CC1=C(O)C(C)=C(CO)C(O)(C(=O)O)C1=O. The molecule has 0 aromatic heterocycles. The summed E-state index contributed by atoms with van der Waals surface area (Å²) < 4.78 is 0. The molecule has 0 saturated carbocycles. The van der Waals surface area contributed by atoms with E-state index in [-0.39, 0.29) is 11.1 Å². The van der Waals surface area contributed by atoms with E-state index in [4.69, 9.17) is 10.2 Å². The molecule has 1 unspecified atom stereocenters. The van der Waals surface area contributed by atoms with Crippen LogP contribution in [0.15, 0.2) is 22.5 Å². The quantitative estimate of drug-likeness (QED) is 0.475. The van der Waals surface area contributed by atoms with Crippen LogP contribution in [0, 0.1) is 0 Å². The second kappa shape index (κ2) is 3.73. The Morgan fingerprint density at radius 1 is 1.31 bits per heavy atom. The van der Waals surface area contributed by atoms with E-state index >= 15 is 0 Å². The smallest absolute Gasteiger partial charge is 0.348 e. The number of aliphatic hydroxyl groups excluding tert-OH is 2. The molecular weight excluding hydrogens is 216 g/mol. The van der Waals surface area contributed by atoms with Gasteiger partial charge in [0.1, 0.15) is 5.76 Å². The number of hydrogen-bond donors (Lipinski definition) is 4. The first-order chi connectivity index (χ1) is 7.28. The summed E-state index contributed by atoms with van der Waals surface area (Å²) in [6.45, 7) is 1.71. The first-order valence-electron chi connectivity index (χ1n) is 4.50. The van der Waals surface area contributed by atoms with Gasteiger partial charge in [0.05, 0.1) is 6.61 Å². The van der Waals surface area contributed by atoms with Crippen LogP contribution < -0.4 is 0 Å². The maximum Gasteiger partial charge on any atom is 0.348 e. The van der Waals surface area contributed by atoms with Gasteiger partial charge in [0, 0.05) is 11.1 Å². The van der Waals surface area contributed by atoms with Gasteiger partial charge < -0.3 is 20.4 Å². The Bertz CT molecular complexity index is 431. The fraction of sp³-hybridized carbons (Fsp3) is 0.400. The van der Waals surface area contributed by atoms with Gasteiger partial charge in [-0.25, -0.2) is 4.79 Å². The van der Waals surface area contributed by atoms with Crippen LogP contribution in [0.5, 0.6) is 0 Å². The van der Waals surface area contributed by atoms with Gasteiger partial charge in [-0.1, -0.05) is 0 Å². The summed E-state index contributed by atoms with van der Waals surface area (Å²) in [5, 5.41) is 37.2. The van der Waals surface area contributed by atoms with E-state index in [0.717, 1.165) is 0 Å². The highest BCUT2D eigenvalue weighted by Crippen LogP contribution is 2.33. The van der Waals surface area contributed by atoms with Gasteiger partial charge in [0.25, 0.3) is 0 Å². The van der Waals surface area contributed by atoms with Crippen molar-refractivity contribution in [3.63, 3.8) is 0 Å². The predicted octanol–water partition coefficient (Wildman–Crippen LogP) is -0.474. The molecule has 1 aliphatic rings. The van der Waals surface area contributed by atoms with E-state index in [0.29, 0.717) is 0 Å². The van der Waals surface area contributed by atoms with E-state index in [1.54, 1.807) is 0 Å². The summed E-state index contributed by atoms with van der Waals surface area (Å²) in [5.41, 5.74) is -3.42. The number of aliphatic hydroxyl groups is 3. The number of carbonyl (C=O) groups excluding carboxylic acids is 1. The Hall–Kier alpha value is -1.66. The van der Waals surface area contributed by atoms with Gasteiger partial charge in [-0.15, -0.1) is 0 Å². The summed E-state index contributed by atoms with van der Waals surface area (Å²) in [5.74, 6) is -3.31. The van der Waals surface area contributed by atoms with Crippen molar-refractivity contribution >= 4 is 11.8 Å². The van der Waals surface area contributed by atoms with Gasteiger partial charge in [-0.3, -0.25) is 4.79 Å². The van der Waals surface area contributed by atoms with Crippen molar-refractivity contribution in [3.8, 4) is 0 Å². The molecule has 0 fully saturated rings. The minimum absolute atomic E-state index is 0.00417. The molecule has 0 amide bonds. The van der Waals surface area contributed by atoms with E-state index < -0.39 is 35.3 Å². The fourth-order valence-corrected chi connectivity index (χ4v) is 1.67. The number of carboxylic acid groups (broad SMARTS) is 1. The highest BCUT2D eigenvalue weighted by atomic mass is 16.4. The highest BCUT2D eigenvalue weighted by molar-refractivity contribution is 6.18. The number of Topliss-reactive ketones (excluding diaryl/α,β-unsaturated/α-hetero) is 1. The number of carboxylic acids is 1. The third-order valence-electron chi connectivity index (χ3n) is 2.74. The van der Waals surface area contributed by atoms with Crippen LogP contribution in [0.25, 0.3) is 0 Å². The average Bonchev–Trinajstić information content (AvgIpc) is 2.24. The summed E-state index contributed by atoms with van der Waals surface area (Å²) in [6.07, 6.45) is 0. The Morgan fingerprint density at radius 3 is 2.19 bits per heavy atom. The average molecular weight is 228 g/mol. The Morgan fingerprint density at radius 2 is 1.81 bits per heavy atom. The number of hydrogen-bond acceptors (Lipinski definition) is 5. The van der Waals surface area contributed by atoms with Crippen LogP contribution in [0.1, 0.15) is 13.8 Å². The molecule has 0 bridgehead atoms. The third kappa shape index (κ3) is 1.35. The molecule has 16 heavy (non-hydrogen) atoms. The van der Waals surface area contributed by atoms with Gasteiger partial charge in [0.2, 0.25) is 11.4 Å². The highest BCUT2D eigenvalue weighted by Gasteiger charge is 2.52. The molecule has 0 radical (unpaired) electrons. The first-order valence-corrected chi connectivity index (χ1v) is 4.50. The van der Waals surface area contributed by atoms with Crippen molar-refractivity contribution in [2.45, 2.75) is 19.4 Å². The van der Waals surface area contributed by atoms with Crippen LogP contribution in [0.2, 0.25) is 0 Å². The normalized spacial score (nSPS) is 26.4. The molecule has 0 aromatic rings. The van der Waals surface area contributed by atoms with Gasteiger partial charge in [-0.05, 0) is 19.4 Å². The molecule has 6 nitrogen and oxygen atoms in total. The molecule has 0 spiro atoms. The van der Waals surface area contributed by atoms with E-state index in [1.165, 1.54) is 13.8 Å². The van der Waals surface area contributed by atoms with Crippen molar-refractivity contribution in [1.29, 1.82) is 0 Å². The topological polar surface area (TPSA) is 115 Å². The number of allylic oxidation sites excluding steroid dienone is 1. The van der Waals surface area contributed by atoms with E-state index in [9.17, 15) is 19.8 Å². The largest absolute Gasteiger partial charge is 0.507 e. The summed E-state index contributed by atoms with van der Waals surface area (Å²) in [4.78, 5) is 22.6. The lowest BCUT2D eigenvalue weighted by Crippen LogP contribution is -2.52. The zero-order valence-electron chi connectivity index (χ0n) is 8.81.